The van der Waals surface area contributed by atoms with Gasteiger partial charge in [0.25, 0.3) is 0 Å². The van der Waals surface area contributed by atoms with Gasteiger partial charge in [-0.1, -0.05) is 12.1 Å². The van der Waals surface area contributed by atoms with Gasteiger partial charge < -0.3 is 9.47 Å². The van der Waals surface area contributed by atoms with Gasteiger partial charge in [0.05, 0.1) is 37.1 Å². The largest absolute Gasteiger partial charge is 0.497 e. The summed E-state index contributed by atoms with van der Waals surface area (Å²) in [6.07, 6.45) is 0. The minimum absolute atomic E-state index is 0.245. The SMILES string of the molecule is COc1cccc(CN2CCOCC2c2csc(C)n2)c1. The number of methoxy groups -OCH3 is 1. The van der Waals surface area contributed by atoms with E-state index >= 15 is 0 Å². The maximum Gasteiger partial charge on any atom is 0.119 e. The lowest BCUT2D eigenvalue weighted by atomic mass is 10.1. The van der Waals surface area contributed by atoms with Crippen molar-refractivity contribution in [2.75, 3.05) is 26.9 Å². The van der Waals surface area contributed by atoms with Crippen LogP contribution in [-0.2, 0) is 11.3 Å². The molecule has 0 saturated carbocycles. The number of aromatic nitrogens is 1. The zero-order chi connectivity index (χ0) is 14.7. The minimum Gasteiger partial charge on any atom is -0.497 e. The number of ether oxygens (including phenoxy) is 2. The second-order valence-corrected chi connectivity index (χ2v) is 6.27. The number of nitrogens with zero attached hydrogens (tertiary/aromatic N) is 2. The van der Waals surface area contributed by atoms with Gasteiger partial charge in [-0.15, -0.1) is 11.3 Å². The zero-order valence-electron chi connectivity index (χ0n) is 12.4. The first-order valence-corrected chi connectivity index (χ1v) is 8.01. The summed E-state index contributed by atoms with van der Waals surface area (Å²) >= 11 is 1.70. The number of morpholine rings is 1. The summed E-state index contributed by atoms with van der Waals surface area (Å²) < 4.78 is 11.0. The standard InChI is InChI=1S/C16H20N2O2S/c1-12-17-15(11-21-12)16-10-20-7-6-18(16)9-13-4-3-5-14(8-13)19-2/h3-5,8,11,16H,6-7,9-10H2,1-2H3. The second kappa shape index (κ2) is 6.56. The molecule has 3 rings (SSSR count). The molecule has 5 heteroatoms. The molecular weight excluding hydrogens is 284 g/mol. The molecule has 0 N–H and O–H groups in total. The normalized spacial score (nSPS) is 19.6. The van der Waals surface area contributed by atoms with Gasteiger partial charge in [0.2, 0.25) is 0 Å². The third kappa shape index (κ3) is 3.43. The molecule has 1 aliphatic heterocycles. The van der Waals surface area contributed by atoms with Crippen molar-refractivity contribution in [1.82, 2.24) is 9.88 Å². The van der Waals surface area contributed by atoms with Crippen LogP contribution in [0.5, 0.6) is 5.75 Å². The van der Waals surface area contributed by atoms with E-state index in [0.29, 0.717) is 6.61 Å². The molecule has 2 heterocycles. The van der Waals surface area contributed by atoms with E-state index < -0.39 is 0 Å². The second-order valence-electron chi connectivity index (χ2n) is 5.20. The predicted octanol–water partition coefficient (Wildman–Crippen LogP) is 3.03. The monoisotopic (exact) mass is 304 g/mol. The Labute approximate surface area is 129 Å². The molecule has 0 spiro atoms. The molecule has 0 aliphatic carbocycles. The average molecular weight is 304 g/mol. The van der Waals surface area contributed by atoms with Crippen LogP contribution in [0.2, 0.25) is 0 Å². The first-order valence-electron chi connectivity index (χ1n) is 7.13. The van der Waals surface area contributed by atoms with E-state index in [9.17, 15) is 0 Å². The lowest BCUT2D eigenvalue weighted by molar-refractivity contribution is -0.0140. The molecule has 1 unspecified atom stereocenters. The van der Waals surface area contributed by atoms with Gasteiger partial charge in [-0.3, -0.25) is 4.90 Å². The highest BCUT2D eigenvalue weighted by atomic mass is 32.1. The quantitative estimate of drug-likeness (QED) is 0.869. The van der Waals surface area contributed by atoms with Crippen molar-refractivity contribution >= 4 is 11.3 Å². The molecule has 1 atom stereocenters. The zero-order valence-corrected chi connectivity index (χ0v) is 13.2. The summed E-state index contributed by atoms with van der Waals surface area (Å²) in [5.41, 5.74) is 2.38. The number of thiazole rings is 1. The van der Waals surface area contributed by atoms with E-state index in [4.69, 9.17) is 9.47 Å². The van der Waals surface area contributed by atoms with Crippen LogP contribution >= 0.6 is 11.3 Å². The first kappa shape index (κ1) is 14.5. The van der Waals surface area contributed by atoms with Crippen molar-refractivity contribution in [1.29, 1.82) is 0 Å². The molecule has 21 heavy (non-hydrogen) atoms. The fraction of sp³-hybridized carbons (Fsp3) is 0.438. The highest BCUT2D eigenvalue weighted by Gasteiger charge is 2.26. The van der Waals surface area contributed by atoms with Crippen LogP contribution < -0.4 is 4.74 Å². The number of benzene rings is 1. The Bertz CT molecular complexity index is 599. The molecule has 1 saturated heterocycles. The molecule has 1 aliphatic rings. The van der Waals surface area contributed by atoms with Crippen LogP contribution in [-0.4, -0.2) is 36.8 Å². The Hall–Kier alpha value is -1.43. The summed E-state index contributed by atoms with van der Waals surface area (Å²) in [7, 11) is 1.70. The van der Waals surface area contributed by atoms with Crippen molar-refractivity contribution in [2.45, 2.75) is 19.5 Å². The molecule has 0 amide bonds. The van der Waals surface area contributed by atoms with Gasteiger partial charge in [-0.25, -0.2) is 4.98 Å². The highest BCUT2D eigenvalue weighted by Crippen LogP contribution is 2.27. The van der Waals surface area contributed by atoms with E-state index in [1.54, 1.807) is 18.4 Å². The van der Waals surface area contributed by atoms with E-state index in [1.165, 1.54) is 5.56 Å². The maximum absolute atomic E-state index is 5.66. The molecule has 0 bridgehead atoms. The van der Waals surface area contributed by atoms with Crippen LogP contribution in [0, 0.1) is 6.92 Å². The van der Waals surface area contributed by atoms with Gasteiger partial charge in [-0.2, -0.15) is 0 Å². The van der Waals surface area contributed by atoms with Gasteiger partial charge in [0.1, 0.15) is 5.75 Å². The summed E-state index contributed by atoms with van der Waals surface area (Å²) in [5, 5.41) is 3.25. The predicted molar refractivity (Wildman–Crippen MR) is 83.8 cm³/mol. The Kier molecular flexibility index (Phi) is 4.53. The van der Waals surface area contributed by atoms with Gasteiger partial charge in [-0.05, 0) is 24.6 Å². The average Bonchev–Trinajstić information content (AvgIpc) is 2.94. The van der Waals surface area contributed by atoms with E-state index in [0.717, 1.165) is 36.1 Å². The van der Waals surface area contributed by atoms with Gasteiger partial charge in [0.15, 0.2) is 0 Å². The van der Waals surface area contributed by atoms with Crippen molar-refractivity contribution < 1.29 is 9.47 Å². The fourth-order valence-corrected chi connectivity index (χ4v) is 3.30. The van der Waals surface area contributed by atoms with Crippen LogP contribution in [0.25, 0.3) is 0 Å². The summed E-state index contributed by atoms with van der Waals surface area (Å²) in [6, 6.07) is 8.50. The van der Waals surface area contributed by atoms with Crippen LogP contribution in [0.3, 0.4) is 0 Å². The van der Waals surface area contributed by atoms with Crippen molar-refractivity contribution in [3.63, 3.8) is 0 Å². The smallest absolute Gasteiger partial charge is 0.119 e. The lowest BCUT2D eigenvalue weighted by Crippen LogP contribution is -2.39. The lowest BCUT2D eigenvalue weighted by Gasteiger charge is -2.34. The number of rotatable bonds is 4. The molecule has 4 nitrogen and oxygen atoms in total. The molecule has 0 radical (unpaired) electrons. The van der Waals surface area contributed by atoms with Crippen molar-refractivity contribution in [3.8, 4) is 5.75 Å². The molecule has 112 valence electrons. The van der Waals surface area contributed by atoms with E-state index in [2.05, 4.69) is 27.4 Å². The van der Waals surface area contributed by atoms with Crippen LogP contribution in [0.4, 0.5) is 0 Å². The van der Waals surface area contributed by atoms with Gasteiger partial charge >= 0.3 is 0 Å². The Morgan fingerprint density at radius 3 is 3.14 bits per heavy atom. The van der Waals surface area contributed by atoms with Gasteiger partial charge in [0, 0.05) is 18.5 Å². The fourth-order valence-electron chi connectivity index (χ4n) is 2.64. The summed E-state index contributed by atoms with van der Waals surface area (Å²) in [4.78, 5) is 7.07. The first-order chi connectivity index (χ1) is 10.3. The summed E-state index contributed by atoms with van der Waals surface area (Å²) in [6.45, 7) is 5.36. The number of hydrogen-bond acceptors (Lipinski definition) is 5. The number of hydrogen-bond donors (Lipinski definition) is 0. The van der Waals surface area contributed by atoms with Crippen molar-refractivity contribution in [3.05, 3.63) is 45.9 Å². The van der Waals surface area contributed by atoms with E-state index in [-0.39, 0.29) is 6.04 Å². The molecule has 1 aromatic carbocycles. The Morgan fingerprint density at radius 2 is 2.38 bits per heavy atom. The highest BCUT2D eigenvalue weighted by molar-refractivity contribution is 7.09. The Balaban J connectivity index is 1.77. The minimum atomic E-state index is 0.245. The van der Waals surface area contributed by atoms with E-state index in [1.807, 2.05) is 19.1 Å². The maximum atomic E-state index is 5.66. The number of aryl methyl sites for hydroxylation is 1. The Morgan fingerprint density at radius 1 is 1.48 bits per heavy atom. The van der Waals surface area contributed by atoms with Crippen LogP contribution in [0.15, 0.2) is 29.6 Å². The topological polar surface area (TPSA) is 34.6 Å². The molecule has 1 aromatic heterocycles. The third-order valence-corrected chi connectivity index (χ3v) is 4.53. The third-order valence-electron chi connectivity index (χ3n) is 3.74. The molecule has 1 fully saturated rings. The molecular formula is C16H20N2O2S. The van der Waals surface area contributed by atoms with Crippen LogP contribution in [0.1, 0.15) is 22.3 Å². The van der Waals surface area contributed by atoms with Crippen molar-refractivity contribution in [2.24, 2.45) is 0 Å². The summed E-state index contributed by atoms with van der Waals surface area (Å²) in [5.74, 6) is 0.904. The molecule has 2 aromatic rings.